The first-order valence-corrected chi connectivity index (χ1v) is 12.0. The minimum atomic E-state index is 0.407. The largest absolute Gasteiger partial charge is 0.335 e. The van der Waals surface area contributed by atoms with Gasteiger partial charge in [0, 0.05) is 19.9 Å². The first kappa shape index (κ1) is 19.9. The van der Waals surface area contributed by atoms with Crippen molar-refractivity contribution in [2.45, 2.75) is 0 Å². The van der Waals surface area contributed by atoms with Gasteiger partial charge in [-0.25, -0.2) is 9.97 Å². The lowest BCUT2D eigenvalue weighted by Crippen LogP contribution is -1.86. The molecule has 0 saturated heterocycles. The van der Waals surface area contributed by atoms with Crippen molar-refractivity contribution in [3.8, 4) is 22.5 Å². The second-order valence-corrected chi connectivity index (χ2v) is 9.67. The van der Waals surface area contributed by atoms with Crippen molar-refractivity contribution in [1.82, 2.24) is 15.0 Å². The number of hydrogen-bond donors (Lipinski definition) is 1. The zero-order valence-electron chi connectivity index (χ0n) is 16.5. The van der Waals surface area contributed by atoms with Gasteiger partial charge in [0.2, 0.25) is 0 Å². The van der Waals surface area contributed by atoms with E-state index < -0.39 is 0 Å². The maximum absolute atomic E-state index is 6.59. The fourth-order valence-electron chi connectivity index (χ4n) is 4.09. The molecule has 6 aromatic rings. The Balaban J connectivity index is 1.54. The summed E-state index contributed by atoms with van der Waals surface area (Å²) in [5.74, 6) is 0.731. The summed E-state index contributed by atoms with van der Waals surface area (Å²) in [6.07, 6.45) is 0. The van der Waals surface area contributed by atoms with Crippen LogP contribution in [0.2, 0.25) is 5.15 Å². The Hall–Kier alpha value is -2.73. The standard InChI is InChI=1S/C26H14Br2ClN3/c27-19-6-3-7-20(28)22(19)26-31-23-18-11-10-17(13-21(18)30-25(29)24(23)32-26)16-9-8-14-4-1-2-5-15(14)12-16/h1-13H,(H,31,32). The number of fused-ring (bicyclic) bond motifs is 4. The van der Waals surface area contributed by atoms with Crippen molar-refractivity contribution in [2.75, 3.05) is 0 Å². The first-order chi connectivity index (χ1) is 15.6. The van der Waals surface area contributed by atoms with Gasteiger partial charge in [0.15, 0.2) is 5.15 Å². The predicted molar refractivity (Wildman–Crippen MR) is 140 cm³/mol. The molecular weight excluding hydrogens is 550 g/mol. The van der Waals surface area contributed by atoms with Gasteiger partial charge in [0.25, 0.3) is 0 Å². The van der Waals surface area contributed by atoms with Crippen molar-refractivity contribution >= 4 is 76.2 Å². The molecule has 3 nitrogen and oxygen atoms in total. The summed E-state index contributed by atoms with van der Waals surface area (Å²) >= 11 is 13.8. The molecule has 4 aromatic carbocycles. The number of hydrogen-bond acceptors (Lipinski definition) is 2. The second-order valence-electron chi connectivity index (χ2n) is 7.60. The van der Waals surface area contributed by atoms with Crippen LogP contribution in [-0.2, 0) is 0 Å². The van der Waals surface area contributed by atoms with Crippen molar-refractivity contribution in [3.05, 3.63) is 93.0 Å². The van der Waals surface area contributed by atoms with Crippen LogP contribution < -0.4 is 0 Å². The van der Waals surface area contributed by atoms with Gasteiger partial charge in [-0.15, -0.1) is 0 Å². The molecule has 1 N–H and O–H groups in total. The average molecular weight is 564 g/mol. The number of H-pyrrole nitrogens is 1. The second kappa shape index (κ2) is 7.69. The number of halogens is 3. The molecule has 0 amide bonds. The smallest absolute Gasteiger partial charge is 0.155 e. The van der Waals surface area contributed by atoms with Crippen molar-refractivity contribution < 1.29 is 0 Å². The van der Waals surface area contributed by atoms with Crippen LogP contribution >= 0.6 is 43.5 Å². The monoisotopic (exact) mass is 561 g/mol. The molecule has 0 bridgehead atoms. The quantitative estimate of drug-likeness (QED) is 0.214. The van der Waals surface area contributed by atoms with Crippen LogP contribution in [0.1, 0.15) is 0 Å². The maximum atomic E-state index is 6.59. The van der Waals surface area contributed by atoms with Gasteiger partial charge >= 0.3 is 0 Å². The summed E-state index contributed by atoms with van der Waals surface area (Å²) in [4.78, 5) is 12.9. The summed E-state index contributed by atoms with van der Waals surface area (Å²) in [6.45, 7) is 0. The molecule has 0 spiro atoms. The molecule has 32 heavy (non-hydrogen) atoms. The molecule has 0 unspecified atom stereocenters. The molecule has 6 heteroatoms. The number of imidazole rings is 1. The Morgan fingerprint density at radius 1 is 0.719 bits per heavy atom. The van der Waals surface area contributed by atoms with Crippen LogP contribution in [0, 0.1) is 0 Å². The van der Waals surface area contributed by atoms with E-state index in [1.165, 1.54) is 10.8 Å². The minimum absolute atomic E-state index is 0.407. The third-order valence-electron chi connectivity index (χ3n) is 5.66. The van der Waals surface area contributed by atoms with Gasteiger partial charge in [0.1, 0.15) is 16.9 Å². The number of nitrogens with zero attached hydrogens (tertiary/aromatic N) is 2. The third-order valence-corrected chi connectivity index (χ3v) is 7.26. The van der Waals surface area contributed by atoms with E-state index in [0.29, 0.717) is 5.15 Å². The molecule has 6 rings (SSSR count). The highest BCUT2D eigenvalue weighted by molar-refractivity contribution is 9.11. The van der Waals surface area contributed by atoms with Gasteiger partial charge in [-0.3, -0.25) is 0 Å². The third kappa shape index (κ3) is 3.24. The number of benzene rings is 4. The van der Waals surface area contributed by atoms with Crippen LogP contribution in [-0.4, -0.2) is 15.0 Å². The van der Waals surface area contributed by atoms with Crippen LogP contribution in [0.25, 0.3) is 55.2 Å². The zero-order chi connectivity index (χ0) is 21.8. The van der Waals surface area contributed by atoms with Crippen molar-refractivity contribution in [3.63, 3.8) is 0 Å². The SMILES string of the molecule is Clc1nc2cc(-c3ccc4ccccc4c3)ccc2c2nc(-c3c(Br)cccc3Br)[nH]c12. The topological polar surface area (TPSA) is 41.6 Å². The number of pyridine rings is 1. The van der Waals surface area contributed by atoms with Gasteiger partial charge in [0.05, 0.1) is 5.52 Å². The first-order valence-electron chi connectivity index (χ1n) is 10.0. The molecule has 0 fully saturated rings. The zero-order valence-corrected chi connectivity index (χ0v) is 20.5. The van der Waals surface area contributed by atoms with E-state index in [1.807, 2.05) is 18.2 Å². The molecule has 0 aliphatic rings. The number of nitrogens with one attached hydrogen (secondary N) is 1. The van der Waals surface area contributed by atoms with Crippen molar-refractivity contribution in [2.24, 2.45) is 0 Å². The highest BCUT2D eigenvalue weighted by atomic mass is 79.9. The summed E-state index contributed by atoms with van der Waals surface area (Å²) in [5, 5.41) is 3.80. The van der Waals surface area contributed by atoms with Crippen LogP contribution in [0.5, 0.6) is 0 Å². The van der Waals surface area contributed by atoms with Gasteiger partial charge in [-0.2, -0.15) is 0 Å². The molecule has 2 aromatic heterocycles. The predicted octanol–water partition coefficient (Wildman–Crippen LogP) is 8.78. The molecule has 154 valence electrons. The highest BCUT2D eigenvalue weighted by Gasteiger charge is 2.17. The lowest BCUT2D eigenvalue weighted by molar-refractivity contribution is 1.32. The Bertz CT molecular complexity index is 1650. The lowest BCUT2D eigenvalue weighted by atomic mass is 10.00. The fourth-order valence-corrected chi connectivity index (χ4v) is 5.70. The fraction of sp³-hybridized carbons (Fsp3) is 0. The van der Waals surface area contributed by atoms with Crippen LogP contribution in [0.4, 0.5) is 0 Å². The Morgan fingerprint density at radius 3 is 2.25 bits per heavy atom. The highest BCUT2D eigenvalue weighted by Crippen LogP contribution is 2.37. The van der Waals surface area contributed by atoms with Gasteiger partial charge < -0.3 is 4.98 Å². The molecular formula is C26H14Br2ClN3. The Morgan fingerprint density at radius 2 is 1.44 bits per heavy atom. The van der Waals surface area contributed by atoms with E-state index in [9.17, 15) is 0 Å². The number of rotatable bonds is 2. The minimum Gasteiger partial charge on any atom is -0.335 e. The molecule has 0 atom stereocenters. The summed E-state index contributed by atoms with van der Waals surface area (Å²) in [5.41, 5.74) is 5.54. The summed E-state index contributed by atoms with van der Waals surface area (Å²) in [7, 11) is 0. The van der Waals surface area contributed by atoms with Gasteiger partial charge in [-0.1, -0.05) is 60.1 Å². The molecule has 0 saturated carbocycles. The van der Waals surface area contributed by atoms with E-state index in [1.54, 1.807) is 0 Å². The number of aromatic nitrogens is 3. The molecule has 2 heterocycles. The van der Waals surface area contributed by atoms with E-state index >= 15 is 0 Å². The van der Waals surface area contributed by atoms with E-state index in [4.69, 9.17) is 16.6 Å². The Labute approximate surface area is 205 Å². The maximum Gasteiger partial charge on any atom is 0.155 e. The normalized spacial score (nSPS) is 11.6. The Kier molecular flexibility index (Phi) is 4.79. The molecule has 0 radical (unpaired) electrons. The van der Waals surface area contributed by atoms with Gasteiger partial charge in [-0.05, 0) is 84.1 Å². The lowest BCUT2D eigenvalue weighted by Gasteiger charge is -2.07. The molecule has 0 aliphatic heterocycles. The van der Waals surface area contributed by atoms with Crippen LogP contribution in [0.3, 0.4) is 0 Å². The van der Waals surface area contributed by atoms with E-state index in [-0.39, 0.29) is 0 Å². The molecule has 0 aliphatic carbocycles. The summed E-state index contributed by atoms with van der Waals surface area (Å²) in [6, 6.07) is 27.1. The summed E-state index contributed by atoms with van der Waals surface area (Å²) < 4.78 is 1.89. The van der Waals surface area contributed by atoms with Crippen molar-refractivity contribution in [1.29, 1.82) is 0 Å². The van der Waals surface area contributed by atoms with E-state index in [0.717, 1.165) is 53.4 Å². The average Bonchev–Trinajstić information content (AvgIpc) is 3.24. The number of aromatic amines is 1. The van der Waals surface area contributed by atoms with E-state index in [2.05, 4.69) is 102 Å². The van der Waals surface area contributed by atoms with Crippen LogP contribution in [0.15, 0.2) is 87.8 Å².